The maximum Gasteiger partial charge on any atom is 0.264 e. The lowest BCUT2D eigenvalue weighted by Gasteiger charge is -2.24. The monoisotopic (exact) mass is 526 g/mol. The zero-order valence-electron chi connectivity index (χ0n) is 19.8. The predicted molar refractivity (Wildman–Crippen MR) is 136 cm³/mol. The van der Waals surface area contributed by atoms with Gasteiger partial charge < -0.3 is 15.4 Å². The number of hydrogen-bond acceptors (Lipinski definition) is 8. The van der Waals surface area contributed by atoms with Crippen molar-refractivity contribution in [1.82, 2.24) is 20.3 Å². The third-order valence-corrected chi connectivity index (χ3v) is 7.52. The summed E-state index contributed by atoms with van der Waals surface area (Å²) in [7, 11) is -3.06. The molecule has 192 valence electrons. The van der Waals surface area contributed by atoms with Crippen LogP contribution in [-0.4, -0.2) is 49.6 Å². The smallest absolute Gasteiger partial charge is 0.264 e. The van der Waals surface area contributed by atoms with E-state index < -0.39 is 26.6 Å². The number of pyridine rings is 1. The zero-order chi connectivity index (χ0) is 26.0. The first-order valence-electron chi connectivity index (χ1n) is 11.6. The van der Waals surface area contributed by atoms with Crippen LogP contribution < -0.4 is 20.1 Å². The Bertz CT molecular complexity index is 1560. The highest BCUT2D eigenvalue weighted by atomic mass is 32.2. The standard InChI is InChI=1S/C25H24F2N6O3S/c1-36-25-22(33-37(34,35)23-5-3-17(26)12-20(23)27)11-16(13-29-25)15-2-4-21-19(10-15)24(31-14-30-21)32-18-6-8-28-9-7-18/h2-5,10-14,18,28,33H,6-9H2,1H3,(H,30,31,32). The van der Waals surface area contributed by atoms with Crippen molar-refractivity contribution in [1.29, 1.82) is 0 Å². The molecule has 3 N–H and O–H groups in total. The highest BCUT2D eigenvalue weighted by molar-refractivity contribution is 7.92. The first kappa shape index (κ1) is 24.8. The van der Waals surface area contributed by atoms with Crippen molar-refractivity contribution >= 4 is 32.4 Å². The average molecular weight is 527 g/mol. The summed E-state index contributed by atoms with van der Waals surface area (Å²) in [6.45, 7) is 1.87. The lowest BCUT2D eigenvalue weighted by molar-refractivity contribution is 0.400. The second kappa shape index (κ2) is 10.2. The number of methoxy groups -OCH3 is 1. The fourth-order valence-corrected chi connectivity index (χ4v) is 5.36. The number of piperidine rings is 1. The molecule has 0 radical (unpaired) electrons. The number of hydrogen-bond donors (Lipinski definition) is 3. The van der Waals surface area contributed by atoms with E-state index in [0.717, 1.165) is 54.5 Å². The van der Waals surface area contributed by atoms with Crippen LogP contribution in [0.4, 0.5) is 20.3 Å². The summed E-state index contributed by atoms with van der Waals surface area (Å²) < 4.78 is 60.8. The molecule has 37 heavy (non-hydrogen) atoms. The summed E-state index contributed by atoms with van der Waals surface area (Å²) in [4.78, 5) is 12.3. The molecule has 1 aliphatic heterocycles. The van der Waals surface area contributed by atoms with Gasteiger partial charge in [-0.2, -0.15) is 0 Å². The van der Waals surface area contributed by atoms with Crippen LogP contribution in [0.25, 0.3) is 22.0 Å². The molecule has 12 heteroatoms. The molecular formula is C25H24F2N6O3S. The van der Waals surface area contributed by atoms with Gasteiger partial charge in [0.1, 0.15) is 34.4 Å². The molecule has 2 aromatic carbocycles. The number of nitrogens with one attached hydrogen (secondary N) is 3. The number of fused-ring (bicyclic) bond motifs is 1. The molecule has 9 nitrogen and oxygen atoms in total. The van der Waals surface area contributed by atoms with Gasteiger partial charge in [-0.15, -0.1) is 0 Å². The van der Waals surface area contributed by atoms with Crippen LogP contribution in [0.3, 0.4) is 0 Å². The normalized spacial score (nSPS) is 14.5. The number of ether oxygens (including phenoxy) is 1. The molecule has 0 amide bonds. The SMILES string of the molecule is COc1ncc(-c2ccc3ncnc(NC4CCNCC4)c3c2)cc1NS(=O)(=O)c1ccc(F)cc1F. The minimum absolute atomic E-state index is 0.00110. The van der Waals surface area contributed by atoms with Gasteiger partial charge in [-0.05, 0) is 61.8 Å². The highest BCUT2D eigenvalue weighted by Crippen LogP contribution is 2.33. The number of nitrogens with zero attached hydrogens (tertiary/aromatic N) is 3. The highest BCUT2D eigenvalue weighted by Gasteiger charge is 2.22. The van der Waals surface area contributed by atoms with E-state index in [4.69, 9.17) is 4.74 Å². The minimum Gasteiger partial charge on any atom is -0.480 e. The number of halogens is 2. The summed E-state index contributed by atoms with van der Waals surface area (Å²) in [5.74, 6) is -1.38. The van der Waals surface area contributed by atoms with Crippen molar-refractivity contribution in [3.8, 4) is 17.0 Å². The van der Waals surface area contributed by atoms with Gasteiger partial charge in [0, 0.05) is 29.3 Å². The molecule has 0 saturated carbocycles. The lowest BCUT2D eigenvalue weighted by Crippen LogP contribution is -2.35. The van der Waals surface area contributed by atoms with E-state index in [-0.39, 0.29) is 11.6 Å². The van der Waals surface area contributed by atoms with Gasteiger partial charge in [0.15, 0.2) is 0 Å². The largest absolute Gasteiger partial charge is 0.480 e. The van der Waals surface area contributed by atoms with Crippen LogP contribution in [0.2, 0.25) is 0 Å². The van der Waals surface area contributed by atoms with E-state index in [1.54, 1.807) is 6.20 Å². The van der Waals surface area contributed by atoms with Gasteiger partial charge in [0.2, 0.25) is 5.88 Å². The molecule has 5 rings (SSSR count). The zero-order valence-corrected chi connectivity index (χ0v) is 20.6. The average Bonchev–Trinajstić information content (AvgIpc) is 2.89. The minimum atomic E-state index is -4.40. The summed E-state index contributed by atoms with van der Waals surface area (Å²) in [6, 6.07) is 9.65. The van der Waals surface area contributed by atoms with E-state index >= 15 is 0 Å². The Morgan fingerprint density at radius 2 is 1.81 bits per heavy atom. The second-order valence-corrected chi connectivity index (χ2v) is 10.2. The van der Waals surface area contributed by atoms with Crippen LogP contribution in [-0.2, 0) is 10.0 Å². The van der Waals surface area contributed by atoms with Crippen LogP contribution >= 0.6 is 0 Å². The Hall–Kier alpha value is -3.90. The van der Waals surface area contributed by atoms with Gasteiger partial charge in [0.25, 0.3) is 10.0 Å². The van der Waals surface area contributed by atoms with Gasteiger partial charge in [0.05, 0.1) is 12.6 Å². The molecule has 1 fully saturated rings. The van der Waals surface area contributed by atoms with Crippen molar-refractivity contribution in [2.24, 2.45) is 0 Å². The van der Waals surface area contributed by atoms with E-state index in [1.807, 2.05) is 18.2 Å². The predicted octanol–water partition coefficient (Wildman–Crippen LogP) is 3.94. The molecule has 0 unspecified atom stereocenters. The number of benzene rings is 2. The third kappa shape index (κ3) is 5.30. The number of sulfonamides is 1. The van der Waals surface area contributed by atoms with Crippen molar-refractivity contribution in [3.05, 3.63) is 66.6 Å². The number of aromatic nitrogens is 3. The van der Waals surface area contributed by atoms with Gasteiger partial charge in [-0.25, -0.2) is 32.2 Å². The second-order valence-electron chi connectivity index (χ2n) is 8.58. The first-order chi connectivity index (χ1) is 17.8. The van der Waals surface area contributed by atoms with Crippen LogP contribution in [0.15, 0.2) is 59.9 Å². The molecule has 1 saturated heterocycles. The summed E-state index contributed by atoms with van der Waals surface area (Å²) >= 11 is 0. The third-order valence-electron chi connectivity index (χ3n) is 6.12. The fourth-order valence-electron chi connectivity index (χ4n) is 4.25. The van der Waals surface area contributed by atoms with Gasteiger partial charge in [-0.1, -0.05) is 6.07 Å². The molecule has 0 atom stereocenters. The lowest BCUT2D eigenvalue weighted by atomic mass is 10.0. The number of anilines is 2. The van der Waals surface area contributed by atoms with Crippen molar-refractivity contribution in [3.63, 3.8) is 0 Å². The maximum atomic E-state index is 14.2. The summed E-state index contributed by atoms with van der Waals surface area (Å²) in [5, 5.41) is 7.66. The summed E-state index contributed by atoms with van der Waals surface area (Å²) in [6.07, 6.45) is 5.01. The van der Waals surface area contributed by atoms with Crippen molar-refractivity contribution in [2.75, 3.05) is 30.2 Å². The van der Waals surface area contributed by atoms with Crippen LogP contribution in [0, 0.1) is 11.6 Å². The molecule has 0 spiro atoms. The van der Waals surface area contributed by atoms with Gasteiger partial charge in [-0.3, -0.25) is 4.72 Å². The summed E-state index contributed by atoms with van der Waals surface area (Å²) in [5.41, 5.74) is 2.07. The Kier molecular flexibility index (Phi) is 6.85. The Morgan fingerprint density at radius 1 is 1.00 bits per heavy atom. The quantitative estimate of drug-likeness (QED) is 0.331. The topological polar surface area (TPSA) is 118 Å². The molecule has 4 aromatic rings. The molecule has 0 aliphatic carbocycles. The molecule has 1 aliphatic rings. The number of rotatable bonds is 7. The van der Waals surface area contributed by atoms with Crippen molar-refractivity contribution < 1.29 is 21.9 Å². The van der Waals surface area contributed by atoms with E-state index in [1.165, 1.54) is 19.5 Å². The molecule has 0 bridgehead atoms. The first-order valence-corrected chi connectivity index (χ1v) is 13.1. The van der Waals surface area contributed by atoms with Crippen molar-refractivity contribution in [2.45, 2.75) is 23.8 Å². The molecular weight excluding hydrogens is 502 g/mol. The Morgan fingerprint density at radius 3 is 2.57 bits per heavy atom. The van der Waals surface area contributed by atoms with E-state index in [0.29, 0.717) is 23.5 Å². The Labute approximate surface area is 212 Å². The van der Waals surface area contributed by atoms with Crippen LogP contribution in [0.1, 0.15) is 12.8 Å². The van der Waals surface area contributed by atoms with Crippen LogP contribution in [0.5, 0.6) is 5.88 Å². The van der Waals surface area contributed by atoms with Gasteiger partial charge >= 0.3 is 0 Å². The molecule has 2 aromatic heterocycles. The Balaban J connectivity index is 1.50. The van der Waals surface area contributed by atoms with E-state index in [2.05, 4.69) is 30.3 Å². The fraction of sp³-hybridized carbons (Fsp3) is 0.240. The molecule has 3 heterocycles. The maximum absolute atomic E-state index is 14.2. The van der Waals surface area contributed by atoms with E-state index in [9.17, 15) is 17.2 Å².